The Bertz CT molecular complexity index is 684. The number of hydrogen-bond donors (Lipinski definition) is 2. The van der Waals surface area contributed by atoms with Crippen LogP contribution in [-0.2, 0) is 11.2 Å². The Balaban J connectivity index is 1.91. The van der Waals surface area contributed by atoms with Crippen LogP contribution in [0.25, 0.3) is 0 Å². The van der Waals surface area contributed by atoms with Crippen LogP contribution in [0.5, 0.6) is 11.5 Å². The number of hydrazone groups is 1. The molecule has 0 radical (unpaired) electrons. The van der Waals surface area contributed by atoms with Gasteiger partial charge in [-0.05, 0) is 41.5 Å². The number of phenolic OH excluding ortho intramolecular Hbond substituents is 1. The Morgan fingerprint density at radius 3 is 2.73 bits per heavy atom. The molecule has 0 aliphatic heterocycles. The average Bonchev–Trinajstić information content (AvgIpc) is 2.51. The summed E-state index contributed by atoms with van der Waals surface area (Å²) in [5.74, 6) is 0.202. The SMILES string of the molecule is COc1cc(/C=N\NC(=O)Cc2ccc(Br)cc2)ccc1O. The van der Waals surface area contributed by atoms with Crippen molar-refractivity contribution in [3.8, 4) is 11.5 Å². The summed E-state index contributed by atoms with van der Waals surface area (Å²) in [6.45, 7) is 0. The molecule has 2 rings (SSSR count). The molecule has 0 heterocycles. The molecule has 114 valence electrons. The highest BCUT2D eigenvalue weighted by molar-refractivity contribution is 9.10. The zero-order chi connectivity index (χ0) is 15.9. The van der Waals surface area contributed by atoms with E-state index in [0.717, 1.165) is 10.0 Å². The van der Waals surface area contributed by atoms with Gasteiger partial charge in [0.2, 0.25) is 5.91 Å². The lowest BCUT2D eigenvalue weighted by molar-refractivity contribution is -0.120. The van der Waals surface area contributed by atoms with Gasteiger partial charge in [0.15, 0.2) is 11.5 Å². The van der Waals surface area contributed by atoms with E-state index in [1.807, 2.05) is 24.3 Å². The number of hydrogen-bond acceptors (Lipinski definition) is 4. The molecule has 2 N–H and O–H groups in total. The average molecular weight is 363 g/mol. The molecule has 0 unspecified atom stereocenters. The van der Waals surface area contributed by atoms with Crippen molar-refractivity contribution in [1.82, 2.24) is 5.43 Å². The highest BCUT2D eigenvalue weighted by Gasteiger charge is 2.03. The molecule has 1 amide bonds. The molecule has 0 aromatic heterocycles. The van der Waals surface area contributed by atoms with Gasteiger partial charge in [0.25, 0.3) is 0 Å². The molecule has 5 nitrogen and oxygen atoms in total. The van der Waals surface area contributed by atoms with Gasteiger partial charge < -0.3 is 9.84 Å². The van der Waals surface area contributed by atoms with E-state index < -0.39 is 0 Å². The van der Waals surface area contributed by atoms with Crippen molar-refractivity contribution in [2.75, 3.05) is 7.11 Å². The van der Waals surface area contributed by atoms with Crippen LogP contribution in [0.4, 0.5) is 0 Å². The first kappa shape index (κ1) is 16.0. The fraction of sp³-hybridized carbons (Fsp3) is 0.125. The summed E-state index contributed by atoms with van der Waals surface area (Å²) in [6, 6.07) is 12.3. The number of halogens is 1. The summed E-state index contributed by atoms with van der Waals surface area (Å²) < 4.78 is 5.97. The number of benzene rings is 2. The van der Waals surface area contributed by atoms with E-state index >= 15 is 0 Å². The van der Waals surface area contributed by atoms with Crippen molar-refractivity contribution in [3.05, 3.63) is 58.1 Å². The monoisotopic (exact) mass is 362 g/mol. The maximum Gasteiger partial charge on any atom is 0.244 e. The van der Waals surface area contributed by atoms with E-state index in [1.54, 1.807) is 12.1 Å². The van der Waals surface area contributed by atoms with Crippen LogP contribution in [0.2, 0.25) is 0 Å². The lowest BCUT2D eigenvalue weighted by atomic mass is 10.1. The van der Waals surface area contributed by atoms with Crippen molar-refractivity contribution in [3.63, 3.8) is 0 Å². The van der Waals surface area contributed by atoms with E-state index in [9.17, 15) is 9.90 Å². The largest absolute Gasteiger partial charge is 0.504 e. The highest BCUT2D eigenvalue weighted by Crippen LogP contribution is 2.25. The van der Waals surface area contributed by atoms with Crippen LogP contribution in [-0.4, -0.2) is 24.3 Å². The second-order valence-electron chi connectivity index (χ2n) is 4.53. The van der Waals surface area contributed by atoms with Gasteiger partial charge in [-0.3, -0.25) is 4.79 Å². The first-order valence-corrected chi connectivity index (χ1v) is 7.31. The van der Waals surface area contributed by atoms with Crippen LogP contribution < -0.4 is 10.2 Å². The zero-order valence-corrected chi connectivity index (χ0v) is 13.5. The number of nitrogens with zero attached hydrogens (tertiary/aromatic N) is 1. The van der Waals surface area contributed by atoms with Gasteiger partial charge in [-0.25, -0.2) is 5.43 Å². The van der Waals surface area contributed by atoms with Crippen LogP contribution in [0.15, 0.2) is 52.0 Å². The minimum atomic E-state index is -0.204. The van der Waals surface area contributed by atoms with E-state index in [0.29, 0.717) is 11.3 Å². The van der Waals surface area contributed by atoms with Crippen LogP contribution in [0, 0.1) is 0 Å². The summed E-state index contributed by atoms with van der Waals surface area (Å²) in [6.07, 6.45) is 1.74. The van der Waals surface area contributed by atoms with Gasteiger partial charge in [0, 0.05) is 4.47 Å². The van der Waals surface area contributed by atoms with E-state index in [4.69, 9.17) is 4.74 Å². The molecule has 0 bridgehead atoms. The highest BCUT2D eigenvalue weighted by atomic mass is 79.9. The number of phenols is 1. The Morgan fingerprint density at radius 2 is 2.05 bits per heavy atom. The molecular weight excluding hydrogens is 348 g/mol. The second kappa shape index (κ2) is 7.61. The Morgan fingerprint density at radius 1 is 1.32 bits per heavy atom. The number of nitrogens with one attached hydrogen (secondary N) is 1. The molecule has 0 aliphatic carbocycles. The summed E-state index contributed by atoms with van der Waals surface area (Å²) in [5, 5.41) is 13.4. The molecule has 0 aliphatic rings. The molecule has 0 fully saturated rings. The van der Waals surface area contributed by atoms with Gasteiger partial charge in [0.05, 0.1) is 19.7 Å². The number of carbonyl (C=O) groups is 1. The maximum absolute atomic E-state index is 11.8. The number of methoxy groups -OCH3 is 1. The smallest absolute Gasteiger partial charge is 0.244 e. The van der Waals surface area contributed by atoms with Crippen molar-refractivity contribution in [2.45, 2.75) is 6.42 Å². The third-order valence-corrected chi connectivity index (χ3v) is 3.41. The van der Waals surface area contributed by atoms with Crippen molar-refractivity contribution in [1.29, 1.82) is 0 Å². The summed E-state index contributed by atoms with van der Waals surface area (Å²) >= 11 is 3.34. The van der Waals surface area contributed by atoms with Crippen molar-refractivity contribution < 1.29 is 14.6 Å². The maximum atomic E-state index is 11.8. The first-order chi connectivity index (χ1) is 10.6. The quantitative estimate of drug-likeness (QED) is 0.634. The van der Waals surface area contributed by atoms with Crippen molar-refractivity contribution in [2.24, 2.45) is 5.10 Å². The summed E-state index contributed by atoms with van der Waals surface area (Å²) in [4.78, 5) is 11.8. The summed E-state index contributed by atoms with van der Waals surface area (Å²) in [5.41, 5.74) is 4.07. The van der Waals surface area contributed by atoms with Gasteiger partial charge >= 0.3 is 0 Å². The number of ether oxygens (including phenoxy) is 1. The third kappa shape index (κ3) is 4.60. The van der Waals surface area contributed by atoms with Crippen LogP contribution >= 0.6 is 15.9 Å². The number of carbonyl (C=O) groups excluding carboxylic acids is 1. The minimum absolute atomic E-state index is 0.0546. The van der Waals surface area contributed by atoms with Gasteiger partial charge in [-0.15, -0.1) is 0 Å². The lowest BCUT2D eigenvalue weighted by Gasteiger charge is -2.03. The van der Waals surface area contributed by atoms with Gasteiger partial charge in [0.1, 0.15) is 0 Å². The molecular formula is C16H15BrN2O3. The molecule has 6 heteroatoms. The van der Waals surface area contributed by atoms with E-state index in [-0.39, 0.29) is 18.1 Å². The molecule has 22 heavy (non-hydrogen) atoms. The molecule has 0 saturated carbocycles. The van der Waals surface area contributed by atoms with E-state index in [2.05, 4.69) is 26.5 Å². The Labute approximate surface area is 136 Å². The molecule has 2 aromatic carbocycles. The topological polar surface area (TPSA) is 70.9 Å². The number of amides is 1. The van der Waals surface area contributed by atoms with Crippen LogP contribution in [0.3, 0.4) is 0 Å². The van der Waals surface area contributed by atoms with Crippen LogP contribution in [0.1, 0.15) is 11.1 Å². The minimum Gasteiger partial charge on any atom is -0.504 e. The normalized spacial score (nSPS) is 10.6. The van der Waals surface area contributed by atoms with Crippen molar-refractivity contribution >= 4 is 28.1 Å². The van der Waals surface area contributed by atoms with Gasteiger partial charge in [-0.1, -0.05) is 28.1 Å². The predicted molar refractivity (Wildman–Crippen MR) is 88.2 cm³/mol. The number of rotatable bonds is 5. The Hall–Kier alpha value is -2.34. The zero-order valence-electron chi connectivity index (χ0n) is 11.9. The Kier molecular flexibility index (Phi) is 5.55. The molecule has 0 atom stereocenters. The predicted octanol–water partition coefficient (Wildman–Crippen LogP) is 2.86. The van der Waals surface area contributed by atoms with E-state index in [1.165, 1.54) is 19.4 Å². The molecule has 0 spiro atoms. The fourth-order valence-electron chi connectivity index (χ4n) is 1.78. The third-order valence-electron chi connectivity index (χ3n) is 2.88. The molecule has 0 saturated heterocycles. The molecule has 2 aromatic rings. The standard InChI is InChI=1S/C16H15BrN2O3/c1-22-15-8-12(4-7-14(15)20)10-18-19-16(21)9-11-2-5-13(17)6-3-11/h2-8,10,20H,9H2,1H3,(H,19,21)/b18-10-. The number of aromatic hydroxyl groups is 1. The van der Waals surface area contributed by atoms with Gasteiger partial charge in [-0.2, -0.15) is 5.10 Å². The fourth-order valence-corrected chi connectivity index (χ4v) is 2.04. The first-order valence-electron chi connectivity index (χ1n) is 6.52. The second-order valence-corrected chi connectivity index (χ2v) is 5.44. The summed E-state index contributed by atoms with van der Waals surface area (Å²) in [7, 11) is 1.47. The lowest BCUT2D eigenvalue weighted by Crippen LogP contribution is -2.19.